The number of amidine groups is 1. The van der Waals surface area contributed by atoms with Crippen LogP contribution in [0.4, 0.5) is 0 Å². The van der Waals surface area contributed by atoms with Crippen LogP contribution in [0.5, 0.6) is 0 Å². The summed E-state index contributed by atoms with van der Waals surface area (Å²) in [5.41, 5.74) is 0. The van der Waals surface area contributed by atoms with E-state index in [2.05, 4.69) is 9.89 Å². The van der Waals surface area contributed by atoms with Gasteiger partial charge in [0, 0.05) is 26.1 Å². The minimum atomic E-state index is -3.36. The number of benzene rings is 2. The van der Waals surface area contributed by atoms with E-state index in [1.54, 1.807) is 0 Å². The van der Waals surface area contributed by atoms with E-state index >= 15 is 0 Å². The topological polar surface area (TPSA) is 15.6 Å². The summed E-state index contributed by atoms with van der Waals surface area (Å²) in [6.45, 7) is 3.60. The van der Waals surface area contributed by atoms with Crippen molar-refractivity contribution in [2.45, 2.75) is 32.1 Å². The zero-order valence-electron chi connectivity index (χ0n) is 15.0. The van der Waals surface area contributed by atoms with Gasteiger partial charge in [0.05, 0.1) is 5.84 Å². The first-order valence-electron chi connectivity index (χ1n) is 9.36. The normalized spacial score (nSPS) is 17.3. The average molecular weight is 586 g/mol. The van der Waals surface area contributed by atoms with Crippen molar-refractivity contribution < 1.29 is 0 Å². The fourth-order valence-corrected chi connectivity index (χ4v) is 12.7. The number of fused-ring (bicyclic) bond motifs is 1. The van der Waals surface area contributed by atoms with Crippen LogP contribution in [0.2, 0.25) is 0 Å². The molecular formula is C21H26BiCl2N2. The number of rotatable bonds is 2. The molecule has 2 aliphatic heterocycles. The van der Waals surface area contributed by atoms with Crippen molar-refractivity contribution in [1.29, 1.82) is 0 Å². The first kappa shape index (κ1) is 20.1. The van der Waals surface area contributed by atoms with Gasteiger partial charge in [-0.05, 0) is 19.3 Å². The quantitative estimate of drug-likeness (QED) is 0.478. The molecule has 0 aliphatic carbocycles. The molecule has 0 saturated carbocycles. The van der Waals surface area contributed by atoms with Crippen LogP contribution in [0.25, 0.3) is 0 Å². The van der Waals surface area contributed by atoms with Crippen molar-refractivity contribution in [3.63, 3.8) is 0 Å². The second-order valence-corrected chi connectivity index (χ2v) is 25.1. The molecule has 0 aromatic heterocycles. The van der Waals surface area contributed by atoms with E-state index in [0.29, 0.717) is 0 Å². The molecule has 0 spiro atoms. The molecule has 0 N–H and O–H groups in total. The van der Waals surface area contributed by atoms with Gasteiger partial charge in [-0.25, -0.2) is 0 Å². The zero-order valence-corrected chi connectivity index (χ0v) is 20.0. The van der Waals surface area contributed by atoms with Gasteiger partial charge in [-0.2, -0.15) is 0 Å². The molecule has 5 heteroatoms. The molecule has 26 heavy (non-hydrogen) atoms. The maximum atomic E-state index is 6.57. The van der Waals surface area contributed by atoms with E-state index in [9.17, 15) is 0 Å². The number of aliphatic imine (C=N–C) groups is 1. The minimum absolute atomic E-state index is 1.08. The van der Waals surface area contributed by atoms with E-state index in [-0.39, 0.29) is 0 Å². The molecule has 2 nitrogen and oxygen atoms in total. The molecule has 2 heterocycles. The van der Waals surface area contributed by atoms with Crippen LogP contribution >= 0.6 is 17.0 Å². The summed E-state index contributed by atoms with van der Waals surface area (Å²) in [6.07, 6.45) is 6.63. The Morgan fingerprint density at radius 2 is 1.31 bits per heavy atom. The second-order valence-electron chi connectivity index (χ2n) is 6.63. The first-order valence-corrected chi connectivity index (χ1v) is 21.4. The zero-order chi connectivity index (χ0) is 18.2. The Balaban J connectivity index is 0.000000158. The molecule has 0 amide bonds. The first-order chi connectivity index (χ1) is 12.7. The van der Waals surface area contributed by atoms with Crippen LogP contribution < -0.4 is 6.54 Å². The third-order valence-electron chi connectivity index (χ3n) is 4.73. The predicted octanol–water partition coefficient (Wildman–Crippen LogP) is 4.39. The van der Waals surface area contributed by atoms with Gasteiger partial charge >= 0.3 is 102 Å². The SMILES string of the molecule is C1CCC2=NCCCN2CC1.[Cl][Bi]([Cl])([c]1ccccc1)[c]1ccccc1. The summed E-state index contributed by atoms with van der Waals surface area (Å²) < 4.78 is 2.21. The number of halogens is 2. The van der Waals surface area contributed by atoms with Crippen LogP contribution in [-0.4, -0.2) is 48.2 Å². The molecular weight excluding hydrogens is 560 g/mol. The van der Waals surface area contributed by atoms with Gasteiger partial charge in [-0.3, -0.25) is 4.99 Å². The van der Waals surface area contributed by atoms with Gasteiger partial charge in [0.25, 0.3) is 0 Å². The van der Waals surface area contributed by atoms with Crippen molar-refractivity contribution in [2.75, 3.05) is 19.6 Å². The van der Waals surface area contributed by atoms with E-state index in [0.717, 1.165) is 13.1 Å². The Hall–Kier alpha value is -0.627. The van der Waals surface area contributed by atoms with E-state index < -0.39 is 17.9 Å². The Labute approximate surface area is 168 Å². The molecule has 139 valence electrons. The molecule has 2 aliphatic rings. The predicted molar refractivity (Wildman–Crippen MR) is 117 cm³/mol. The molecule has 0 bridgehead atoms. The average Bonchev–Trinajstić information content (AvgIpc) is 2.95. The Morgan fingerprint density at radius 1 is 0.731 bits per heavy atom. The summed E-state index contributed by atoms with van der Waals surface area (Å²) in [4.78, 5) is 7.04. The van der Waals surface area contributed by atoms with Crippen molar-refractivity contribution in [3.8, 4) is 0 Å². The number of hydrogen-bond donors (Lipinski definition) is 0. The number of nitrogens with zero attached hydrogens (tertiary/aromatic N) is 2. The fraction of sp³-hybridized carbons (Fsp3) is 0.381. The van der Waals surface area contributed by atoms with Crippen molar-refractivity contribution >= 4 is 47.3 Å². The molecule has 1 saturated heterocycles. The Bertz CT molecular complexity index is 663. The molecule has 0 atom stereocenters. The van der Waals surface area contributed by atoms with Crippen molar-refractivity contribution in [3.05, 3.63) is 60.7 Å². The van der Waals surface area contributed by atoms with Crippen LogP contribution in [0.1, 0.15) is 32.1 Å². The van der Waals surface area contributed by atoms with Gasteiger partial charge in [-0.15, -0.1) is 0 Å². The maximum absolute atomic E-state index is 6.57. The molecule has 4 rings (SSSR count). The van der Waals surface area contributed by atoms with Gasteiger partial charge in [0.15, 0.2) is 0 Å². The standard InChI is InChI=1S/C9H16N2.2C6H5.Bi.2ClH/c1-2-5-9-10-6-4-8-11(9)7-3-1;2*1-2-4-6-5-3-1;;;/h1-8H2;2*1-5H;;2*1H/q;;;+2;;/p-2. The van der Waals surface area contributed by atoms with Gasteiger partial charge < -0.3 is 4.90 Å². The van der Waals surface area contributed by atoms with E-state index in [1.165, 1.54) is 51.0 Å². The van der Waals surface area contributed by atoms with Crippen LogP contribution in [-0.2, 0) is 0 Å². The Kier molecular flexibility index (Phi) is 7.79. The molecule has 0 unspecified atom stereocenters. The van der Waals surface area contributed by atoms with Crippen molar-refractivity contribution in [2.24, 2.45) is 4.99 Å². The summed E-state index contributed by atoms with van der Waals surface area (Å²) in [6, 6.07) is 20.0. The molecule has 2 aromatic carbocycles. The third-order valence-corrected chi connectivity index (χ3v) is 18.9. The van der Waals surface area contributed by atoms with Gasteiger partial charge in [0.2, 0.25) is 0 Å². The van der Waals surface area contributed by atoms with E-state index in [4.69, 9.17) is 17.0 Å². The molecule has 1 fully saturated rings. The molecule has 1 radical (unpaired) electrons. The van der Waals surface area contributed by atoms with Crippen molar-refractivity contribution in [1.82, 2.24) is 4.90 Å². The monoisotopic (exact) mass is 585 g/mol. The van der Waals surface area contributed by atoms with Crippen LogP contribution in [0.15, 0.2) is 65.7 Å². The van der Waals surface area contributed by atoms with Gasteiger partial charge in [0.1, 0.15) is 0 Å². The van der Waals surface area contributed by atoms with Crippen LogP contribution in [0.3, 0.4) is 0 Å². The third kappa shape index (κ3) is 5.44. The van der Waals surface area contributed by atoms with E-state index in [1.807, 2.05) is 60.7 Å². The summed E-state index contributed by atoms with van der Waals surface area (Å²) in [5.74, 6) is 1.40. The summed E-state index contributed by atoms with van der Waals surface area (Å²) >= 11 is -3.36. The Morgan fingerprint density at radius 3 is 1.92 bits per heavy atom. The second kappa shape index (κ2) is 10.1. The molecule has 2 aromatic rings. The van der Waals surface area contributed by atoms with Crippen LogP contribution in [0, 0.1) is 0 Å². The summed E-state index contributed by atoms with van der Waals surface area (Å²) in [5, 5.41) is 0. The number of hydrogen-bond acceptors (Lipinski definition) is 2. The summed E-state index contributed by atoms with van der Waals surface area (Å²) in [7, 11) is 13.1. The fourth-order valence-electron chi connectivity index (χ4n) is 3.32. The van der Waals surface area contributed by atoms with Gasteiger partial charge in [-0.1, -0.05) is 6.42 Å².